The zero-order chi connectivity index (χ0) is 21.6. The largest absolute Gasteiger partial charge is 0.339 e. The lowest BCUT2D eigenvalue weighted by Crippen LogP contribution is -2.51. The fourth-order valence-corrected chi connectivity index (χ4v) is 3.32. The number of Topliss-reactive ketones (excluding diaryl/α,β-unsaturated/α-hetero) is 1. The van der Waals surface area contributed by atoms with Crippen molar-refractivity contribution < 1.29 is 22.8 Å². The van der Waals surface area contributed by atoms with E-state index in [1.165, 1.54) is 36.3 Å². The number of nitrogens with one attached hydrogen (secondary N) is 2. The Balaban J connectivity index is 2.03. The van der Waals surface area contributed by atoms with Crippen molar-refractivity contribution in [3.8, 4) is 0 Å². The van der Waals surface area contributed by atoms with Crippen LogP contribution in [0.5, 0.6) is 0 Å². The summed E-state index contributed by atoms with van der Waals surface area (Å²) in [5.41, 5.74) is 0.190. The zero-order valence-corrected chi connectivity index (χ0v) is 17.5. The van der Waals surface area contributed by atoms with Crippen molar-refractivity contribution >= 4 is 27.8 Å². The van der Waals surface area contributed by atoms with E-state index in [4.69, 9.17) is 0 Å². The average molecular weight is 426 g/mol. The van der Waals surface area contributed by atoms with Crippen LogP contribution in [0.25, 0.3) is 0 Å². The third-order valence-corrected chi connectivity index (χ3v) is 5.77. The number of pyridine rings is 1. The SMILES string of the molecule is CCC(NC(=O)c1ccccn1)C(=O)N1CCN(NS(=O)(=O)N(C)C)CC(=O)C1. The second kappa shape index (κ2) is 9.87. The van der Waals surface area contributed by atoms with Crippen molar-refractivity contribution in [1.29, 1.82) is 0 Å². The van der Waals surface area contributed by atoms with Crippen LogP contribution in [0.3, 0.4) is 0 Å². The van der Waals surface area contributed by atoms with E-state index in [-0.39, 0.29) is 37.7 Å². The van der Waals surface area contributed by atoms with E-state index < -0.39 is 28.1 Å². The molecule has 2 amide bonds. The molecule has 0 radical (unpaired) electrons. The number of hydrogen-bond donors (Lipinski definition) is 2. The van der Waals surface area contributed by atoms with Gasteiger partial charge in [0.25, 0.3) is 16.1 Å². The van der Waals surface area contributed by atoms with Crippen LogP contribution in [0, 0.1) is 0 Å². The lowest BCUT2D eigenvalue weighted by Gasteiger charge is -2.26. The molecule has 160 valence electrons. The summed E-state index contributed by atoms with van der Waals surface area (Å²) in [5.74, 6) is -1.20. The smallest absolute Gasteiger partial charge is 0.291 e. The van der Waals surface area contributed by atoms with Gasteiger partial charge in [0.2, 0.25) is 5.91 Å². The molecule has 1 aliphatic rings. The number of rotatable bonds is 7. The molecule has 1 unspecified atom stereocenters. The van der Waals surface area contributed by atoms with Gasteiger partial charge >= 0.3 is 0 Å². The Kier molecular flexibility index (Phi) is 7.79. The van der Waals surface area contributed by atoms with Crippen LogP contribution >= 0.6 is 0 Å². The molecule has 1 saturated heterocycles. The van der Waals surface area contributed by atoms with Gasteiger partial charge in [-0.3, -0.25) is 19.4 Å². The molecule has 2 N–H and O–H groups in total. The first-order chi connectivity index (χ1) is 13.6. The highest BCUT2D eigenvalue weighted by Gasteiger charge is 2.30. The molecule has 1 aromatic heterocycles. The standard InChI is InChI=1S/C17H26N6O5S/c1-4-14(19-16(25)15-7-5-6-8-18-15)17(26)22-9-10-23(12-13(24)11-22)20-29(27,28)21(2)3/h5-8,14,20H,4,9-12H2,1-3H3,(H,19,25). The molecule has 0 spiro atoms. The van der Waals surface area contributed by atoms with Gasteiger partial charge in [-0.25, -0.2) is 5.01 Å². The molecule has 0 aliphatic carbocycles. The van der Waals surface area contributed by atoms with Crippen LogP contribution in [0.15, 0.2) is 24.4 Å². The Morgan fingerprint density at radius 2 is 1.97 bits per heavy atom. The topological polar surface area (TPSA) is 132 Å². The highest BCUT2D eigenvalue weighted by atomic mass is 32.2. The molecule has 0 aromatic carbocycles. The number of nitrogens with zero attached hydrogens (tertiary/aromatic N) is 4. The van der Waals surface area contributed by atoms with E-state index in [1.54, 1.807) is 19.1 Å². The van der Waals surface area contributed by atoms with Crippen LogP contribution < -0.4 is 10.1 Å². The number of carbonyl (C=O) groups excluding carboxylic acids is 3. The molecular formula is C17H26N6O5S. The molecule has 0 saturated carbocycles. The van der Waals surface area contributed by atoms with E-state index in [0.717, 1.165) is 4.31 Å². The predicted molar refractivity (Wildman–Crippen MR) is 105 cm³/mol. The van der Waals surface area contributed by atoms with E-state index in [0.29, 0.717) is 6.42 Å². The molecule has 1 atom stereocenters. The number of carbonyl (C=O) groups is 3. The van der Waals surface area contributed by atoms with Crippen molar-refractivity contribution in [2.45, 2.75) is 19.4 Å². The first kappa shape index (κ1) is 22.9. The van der Waals surface area contributed by atoms with Crippen molar-refractivity contribution in [2.24, 2.45) is 0 Å². The van der Waals surface area contributed by atoms with Crippen molar-refractivity contribution in [2.75, 3.05) is 40.3 Å². The summed E-state index contributed by atoms with van der Waals surface area (Å²) in [4.78, 5) is 45.0. The zero-order valence-electron chi connectivity index (χ0n) is 16.7. The Hall–Kier alpha value is -2.41. The first-order valence-electron chi connectivity index (χ1n) is 9.11. The lowest BCUT2D eigenvalue weighted by molar-refractivity contribution is -0.136. The quantitative estimate of drug-likeness (QED) is 0.549. The highest BCUT2D eigenvalue weighted by molar-refractivity contribution is 7.87. The van der Waals surface area contributed by atoms with Gasteiger partial charge in [0.15, 0.2) is 5.78 Å². The molecule has 0 bridgehead atoms. The first-order valence-corrected chi connectivity index (χ1v) is 10.5. The molecular weight excluding hydrogens is 400 g/mol. The van der Waals surface area contributed by atoms with Crippen LogP contribution in [0.2, 0.25) is 0 Å². The third kappa shape index (κ3) is 6.29. The molecule has 29 heavy (non-hydrogen) atoms. The second-order valence-corrected chi connectivity index (χ2v) is 8.61. The van der Waals surface area contributed by atoms with Gasteiger partial charge in [-0.2, -0.15) is 12.7 Å². The van der Waals surface area contributed by atoms with E-state index in [1.807, 2.05) is 0 Å². The highest BCUT2D eigenvalue weighted by Crippen LogP contribution is 2.06. The lowest BCUT2D eigenvalue weighted by atomic mass is 10.1. The molecule has 2 heterocycles. The van der Waals surface area contributed by atoms with Gasteiger partial charge in [-0.1, -0.05) is 13.0 Å². The van der Waals surface area contributed by atoms with Crippen LogP contribution in [-0.4, -0.2) is 91.5 Å². The van der Waals surface area contributed by atoms with Crippen LogP contribution in [-0.2, 0) is 19.8 Å². The maximum absolute atomic E-state index is 12.9. The fraction of sp³-hybridized carbons (Fsp3) is 0.529. The van der Waals surface area contributed by atoms with Gasteiger partial charge in [0.1, 0.15) is 11.7 Å². The van der Waals surface area contributed by atoms with Gasteiger partial charge in [-0.05, 0) is 18.6 Å². The van der Waals surface area contributed by atoms with Gasteiger partial charge < -0.3 is 10.2 Å². The molecule has 1 aliphatic heterocycles. The third-order valence-electron chi connectivity index (χ3n) is 4.32. The van der Waals surface area contributed by atoms with Gasteiger partial charge in [0, 0.05) is 33.4 Å². The number of hydrazine groups is 1. The van der Waals surface area contributed by atoms with E-state index >= 15 is 0 Å². The maximum Gasteiger partial charge on any atom is 0.291 e. The second-order valence-electron chi connectivity index (χ2n) is 6.75. The summed E-state index contributed by atoms with van der Waals surface area (Å²) >= 11 is 0. The van der Waals surface area contributed by atoms with Crippen LogP contribution in [0.1, 0.15) is 23.8 Å². The Morgan fingerprint density at radius 1 is 1.24 bits per heavy atom. The summed E-state index contributed by atoms with van der Waals surface area (Å²) in [7, 11) is -1.02. The summed E-state index contributed by atoms with van der Waals surface area (Å²) in [6.45, 7) is 1.70. The van der Waals surface area contributed by atoms with E-state index in [2.05, 4.69) is 15.1 Å². The van der Waals surface area contributed by atoms with Crippen molar-refractivity contribution in [1.82, 2.24) is 29.3 Å². The summed E-state index contributed by atoms with van der Waals surface area (Å²) in [6, 6.07) is 4.07. The maximum atomic E-state index is 12.9. The minimum atomic E-state index is -3.75. The summed E-state index contributed by atoms with van der Waals surface area (Å²) < 4.78 is 24.9. The molecule has 12 heteroatoms. The molecule has 11 nitrogen and oxygen atoms in total. The number of ketones is 1. The molecule has 1 aromatic rings. The van der Waals surface area contributed by atoms with Gasteiger partial charge in [-0.15, -0.1) is 4.83 Å². The minimum Gasteiger partial charge on any atom is -0.339 e. The van der Waals surface area contributed by atoms with Crippen LogP contribution in [0.4, 0.5) is 0 Å². The Morgan fingerprint density at radius 3 is 2.55 bits per heavy atom. The monoisotopic (exact) mass is 426 g/mol. The van der Waals surface area contributed by atoms with E-state index in [9.17, 15) is 22.8 Å². The average Bonchev–Trinajstić information content (AvgIpc) is 2.86. The summed E-state index contributed by atoms with van der Waals surface area (Å²) in [5, 5.41) is 3.91. The normalized spacial score (nSPS) is 17.1. The number of aromatic nitrogens is 1. The fourth-order valence-electron chi connectivity index (χ4n) is 2.67. The minimum absolute atomic E-state index is 0.134. The predicted octanol–water partition coefficient (Wildman–Crippen LogP) is -1.39. The number of hydrogen-bond acceptors (Lipinski definition) is 7. The number of amides is 2. The van der Waals surface area contributed by atoms with Crippen molar-refractivity contribution in [3.05, 3.63) is 30.1 Å². The van der Waals surface area contributed by atoms with Crippen molar-refractivity contribution in [3.63, 3.8) is 0 Å². The van der Waals surface area contributed by atoms with Gasteiger partial charge in [0.05, 0.1) is 13.1 Å². The Bertz CT molecular complexity index is 845. The Labute approximate surface area is 170 Å². The molecule has 1 fully saturated rings. The summed E-state index contributed by atoms with van der Waals surface area (Å²) in [6.07, 6.45) is 1.81. The molecule has 2 rings (SSSR count).